The standard InChI is InChI=1S/C6H15NO6S2.Na/c1-7(2,3)4-6(15(11,12)13)5-14(8,9)10;/h6H,4-5H2,1-3H3,(H-,8,9,10,11,12,13);/q;+1/p-1. The molecule has 0 fully saturated rings. The van der Waals surface area contributed by atoms with Crippen LogP contribution >= 0.6 is 0 Å². The third-order valence-electron chi connectivity index (χ3n) is 1.55. The number of hydrogen-bond acceptors (Lipinski definition) is 6. The Kier molecular flexibility index (Phi) is 7.29. The van der Waals surface area contributed by atoms with Gasteiger partial charge in [0.15, 0.2) is 0 Å². The fourth-order valence-electron chi connectivity index (χ4n) is 1.07. The molecule has 0 saturated carbocycles. The molecule has 92 valence electrons. The quantitative estimate of drug-likeness (QED) is 0.284. The third-order valence-corrected chi connectivity index (χ3v) is 3.70. The first kappa shape index (κ1) is 19.1. The van der Waals surface area contributed by atoms with Crippen molar-refractivity contribution in [1.29, 1.82) is 0 Å². The van der Waals surface area contributed by atoms with Crippen LogP contribution in [0.15, 0.2) is 0 Å². The molecule has 0 saturated heterocycles. The Morgan fingerprint density at radius 2 is 1.44 bits per heavy atom. The summed E-state index contributed by atoms with van der Waals surface area (Å²) in [4.78, 5) is 0. The van der Waals surface area contributed by atoms with Gasteiger partial charge in [-0.2, -0.15) is 0 Å². The third kappa shape index (κ3) is 9.97. The number of quaternary nitrogens is 1. The van der Waals surface area contributed by atoms with E-state index in [2.05, 4.69) is 0 Å². The van der Waals surface area contributed by atoms with E-state index in [1.807, 2.05) is 0 Å². The topological polar surface area (TPSA) is 114 Å². The van der Waals surface area contributed by atoms with Crippen LogP contribution in [-0.4, -0.2) is 69.1 Å². The fourth-order valence-corrected chi connectivity index (χ4v) is 3.42. The molecule has 0 aromatic rings. The Morgan fingerprint density at radius 1 is 1.06 bits per heavy atom. The largest absolute Gasteiger partial charge is 1.00 e. The fraction of sp³-hybridized carbons (Fsp3) is 1.00. The summed E-state index contributed by atoms with van der Waals surface area (Å²) in [6.45, 7) is -0.215. The smallest absolute Gasteiger partial charge is 0.748 e. The summed E-state index contributed by atoms with van der Waals surface area (Å²) in [6.07, 6.45) is 0. The summed E-state index contributed by atoms with van der Waals surface area (Å²) in [6, 6.07) is 0. The molecule has 10 heteroatoms. The Labute approximate surface area is 118 Å². The number of hydrogen-bond donors (Lipinski definition) is 0. The van der Waals surface area contributed by atoms with Gasteiger partial charge >= 0.3 is 29.6 Å². The average molecular weight is 283 g/mol. The zero-order chi connectivity index (χ0) is 12.5. The van der Waals surface area contributed by atoms with E-state index in [9.17, 15) is 25.9 Å². The molecule has 0 rings (SSSR count). The second kappa shape index (κ2) is 6.10. The van der Waals surface area contributed by atoms with Crippen LogP contribution in [0.25, 0.3) is 0 Å². The van der Waals surface area contributed by atoms with Gasteiger partial charge in [-0.15, -0.1) is 0 Å². The number of rotatable bonds is 5. The first-order valence-electron chi connectivity index (χ1n) is 4.00. The van der Waals surface area contributed by atoms with Crippen LogP contribution in [0, 0.1) is 0 Å². The van der Waals surface area contributed by atoms with Gasteiger partial charge in [0, 0.05) is 0 Å². The van der Waals surface area contributed by atoms with Crippen molar-refractivity contribution in [2.45, 2.75) is 5.25 Å². The zero-order valence-electron chi connectivity index (χ0n) is 9.70. The van der Waals surface area contributed by atoms with E-state index in [1.54, 1.807) is 21.1 Å². The van der Waals surface area contributed by atoms with Crippen molar-refractivity contribution in [2.24, 2.45) is 0 Å². The van der Waals surface area contributed by atoms with Crippen molar-refractivity contribution in [3.05, 3.63) is 0 Å². The average Bonchev–Trinajstić information content (AvgIpc) is 1.75. The molecule has 0 aromatic heterocycles. The van der Waals surface area contributed by atoms with E-state index in [4.69, 9.17) is 0 Å². The summed E-state index contributed by atoms with van der Waals surface area (Å²) < 4.78 is 63.5. The van der Waals surface area contributed by atoms with Gasteiger partial charge in [-0.1, -0.05) is 0 Å². The van der Waals surface area contributed by atoms with Crippen molar-refractivity contribution in [3.8, 4) is 0 Å². The Balaban J connectivity index is 0. The van der Waals surface area contributed by atoms with Crippen LogP contribution < -0.4 is 29.6 Å². The molecule has 0 N–H and O–H groups in total. The normalized spacial score (nSPS) is 15.3. The minimum Gasteiger partial charge on any atom is -0.748 e. The molecule has 0 spiro atoms. The van der Waals surface area contributed by atoms with Gasteiger partial charge in [0.05, 0.1) is 43.6 Å². The molecule has 0 amide bonds. The minimum atomic E-state index is -4.78. The SMILES string of the molecule is C[N+](C)(C)CC(CS(=O)(=O)[O-])S(=O)(=O)[O-].[Na+]. The van der Waals surface area contributed by atoms with Gasteiger partial charge in [-0.3, -0.25) is 0 Å². The summed E-state index contributed by atoms with van der Waals surface area (Å²) in [7, 11) is -4.72. The molecule has 1 atom stereocenters. The Bertz CT molecular complexity index is 409. The Hall–Kier alpha value is 0.780. The van der Waals surface area contributed by atoms with E-state index in [0.717, 1.165) is 0 Å². The summed E-state index contributed by atoms with van der Waals surface area (Å²) in [5.74, 6) is -1.17. The van der Waals surface area contributed by atoms with Crippen LogP contribution in [0.5, 0.6) is 0 Å². The van der Waals surface area contributed by atoms with E-state index < -0.39 is 31.2 Å². The second-order valence-electron chi connectivity index (χ2n) is 4.31. The van der Waals surface area contributed by atoms with E-state index in [-0.39, 0.29) is 40.6 Å². The maximum atomic E-state index is 10.7. The minimum absolute atomic E-state index is 0. The molecule has 0 aliphatic heterocycles. The van der Waals surface area contributed by atoms with Crippen molar-refractivity contribution in [2.75, 3.05) is 33.4 Å². The van der Waals surface area contributed by atoms with Gasteiger partial charge in [-0.05, 0) is 0 Å². The number of nitrogens with zero attached hydrogens (tertiary/aromatic N) is 1. The summed E-state index contributed by atoms with van der Waals surface area (Å²) in [5.41, 5.74) is 0. The van der Waals surface area contributed by atoms with Crippen LogP contribution in [0.3, 0.4) is 0 Å². The van der Waals surface area contributed by atoms with Crippen LogP contribution in [0.1, 0.15) is 0 Å². The summed E-state index contributed by atoms with van der Waals surface area (Å²) >= 11 is 0. The summed E-state index contributed by atoms with van der Waals surface area (Å²) in [5, 5.41) is -1.69. The van der Waals surface area contributed by atoms with Crippen molar-refractivity contribution < 1.29 is 60.0 Å². The second-order valence-corrected chi connectivity index (χ2v) is 7.41. The molecular weight excluding hydrogens is 269 g/mol. The zero-order valence-corrected chi connectivity index (χ0v) is 13.3. The molecule has 0 heterocycles. The Morgan fingerprint density at radius 3 is 1.62 bits per heavy atom. The molecular formula is C6H14NNaO6S2. The van der Waals surface area contributed by atoms with Crippen LogP contribution in [0.2, 0.25) is 0 Å². The van der Waals surface area contributed by atoms with Crippen molar-refractivity contribution in [1.82, 2.24) is 0 Å². The molecule has 7 nitrogen and oxygen atoms in total. The van der Waals surface area contributed by atoms with Crippen LogP contribution in [-0.2, 0) is 20.2 Å². The molecule has 0 radical (unpaired) electrons. The molecule has 0 aliphatic carbocycles. The molecule has 0 aliphatic rings. The molecule has 0 bridgehead atoms. The molecule has 16 heavy (non-hydrogen) atoms. The van der Waals surface area contributed by atoms with Gasteiger partial charge in [0.25, 0.3) is 0 Å². The predicted molar refractivity (Wildman–Crippen MR) is 50.9 cm³/mol. The van der Waals surface area contributed by atoms with E-state index in [0.29, 0.717) is 0 Å². The maximum Gasteiger partial charge on any atom is 1.00 e. The monoisotopic (exact) mass is 283 g/mol. The van der Waals surface area contributed by atoms with Crippen molar-refractivity contribution in [3.63, 3.8) is 0 Å². The molecule has 0 aromatic carbocycles. The maximum absolute atomic E-state index is 10.7. The van der Waals surface area contributed by atoms with E-state index in [1.165, 1.54) is 0 Å². The van der Waals surface area contributed by atoms with Gasteiger partial charge in [0.1, 0.15) is 15.4 Å². The van der Waals surface area contributed by atoms with Gasteiger partial charge < -0.3 is 13.6 Å². The van der Waals surface area contributed by atoms with E-state index >= 15 is 0 Å². The predicted octanol–water partition coefficient (Wildman–Crippen LogP) is -4.84. The van der Waals surface area contributed by atoms with Crippen molar-refractivity contribution >= 4 is 20.2 Å². The molecule has 1 unspecified atom stereocenters. The van der Waals surface area contributed by atoms with Crippen LogP contribution in [0.4, 0.5) is 0 Å². The van der Waals surface area contributed by atoms with Gasteiger partial charge in [0.2, 0.25) is 0 Å². The first-order chi connectivity index (χ1) is 6.31. The van der Waals surface area contributed by atoms with Gasteiger partial charge in [-0.25, -0.2) is 16.8 Å². The first-order valence-corrected chi connectivity index (χ1v) is 7.05.